The largest absolute Gasteiger partial charge is 0.493 e. The molecule has 0 saturated carbocycles. The number of halogens is 4. The van der Waals surface area contributed by atoms with E-state index < -0.39 is 39.2 Å². The number of sulfonamides is 1. The van der Waals surface area contributed by atoms with Gasteiger partial charge in [-0.05, 0) is 55.3 Å². The van der Waals surface area contributed by atoms with Crippen molar-refractivity contribution in [3.8, 4) is 5.75 Å². The number of carbonyl (C=O) groups is 1. The number of aliphatic carboxylic acids is 1. The fraction of sp³-hybridized carbons (Fsp3) is 0.278. The molecule has 2 N–H and O–H groups in total. The average Bonchev–Trinajstić information content (AvgIpc) is 2.60. The summed E-state index contributed by atoms with van der Waals surface area (Å²) in [6.07, 6.45) is -4.78. The van der Waals surface area contributed by atoms with Crippen LogP contribution in [0.1, 0.15) is 24.0 Å². The van der Waals surface area contributed by atoms with E-state index in [9.17, 15) is 30.8 Å². The van der Waals surface area contributed by atoms with Crippen LogP contribution in [0.5, 0.6) is 5.75 Å². The molecule has 0 heterocycles. The molecule has 0 amide bonds. The molecule has 2 rings (SSSR count). The Labute approximate surface area is 164 Å². The Hall–Kier alpha value is -2.82. The Morgan fingerprint density at radius 3 is 2.45 bits per heavy atom. The van der Waals surface area contributed by atoms with Gasteiger partial charge in [-0.1, -0.05) is 0 Å². The molecular weight excluding hydrogens is 418 g/mol. The molecule has 0 radical (unpaired) electrons. The first-order chi connectivity index (χ1) is 13.4. The van der Waals surface area contributed by atoms with Crippen LogP contribution in [0, 0.1) is 12.7 Å². The van der Waals surface area contributed by atoms with Gasteiger partial charge in [-0.2, -0.15) is 13.2 Å². The number of carboxylic acids is 1. The average molecular weight is 435 g/mol. The molecular formula is C18H17F4NO5S. The lowest BCUT2D eigenvalue weighted by Gasteiger charge is -2.14. The maximum Gasteiger partial charge on any atom is 0.419 e. The Bertz CT molecular complexity index is 1010. The highest BCUT2D eigenvalue weighted by Crippen LogP contribution is 2.33. The van der Waals surface area contributed by atoms with E-state index in [2.05, 4.69) is 0 Å². The number of hydrogen-bond donors (Lipinski definition) is 2. The van der Waals surface area contributed by atoms with Crippen molar-refractivity contribution in [3.63, 3.8) is 0 Å². The molecule has 2 aromatic carbocycles. The van der Waals surface area contributed by atoms with Crippen molar-refractivity contribution in [2.24, 2.45) is 0 Å². The smallest absolute Gasteiger partial charge is 0.419 e. The fourth-order valence-corrected chi connectivity index (χ4v) is 3.51. The predicted octanol–water partition coefficient (Wildman–Crippen LogP) is 4.20. The molecule has 0 aliphatic carbocycles. The lowest BCUT2D eigenvalue weighted by Crippen LogP contribution is -2.15. The fourth-order valence-electron chi connectivity index (χ4n) is 2.38. The van der Waals surface area contributed by atoms with E-state index >= 15 is 0 Å². The van der Waals surface area contributed by atoms with E-state index in [0.717, 1.165) is 6.07 Å². The number of nitrogens with one attached hydrogen (secondary N) is 1. The second-order valence-corrected chi connectivity index (χ2v) is 7.75. The second kappa shape index (κ2) is 8.68. The lowest BCUT2D eigenvalue weighted by molar-refractivity contribution is -0.140. The first kappa shape index (κ1) is 22.5. The Kier molecular flexibility index (Phi) is 6.73. The van der Waals surface area contributed by atoms with E-state index in [1.165, 1.54) is 18.2 Å². The van der Waals surface area contributed by atoms with Crippen molar-refractivity contribution in [1.82, 2.24) is 0 Å². The molecule has 158 valence electrons. The maximum atomic E-state index is 13.3. The van der Waals surface area contributed by atoms with Crippen LogP contribution in [0.3, 0.4) is 0 Å². The maximum absolute atomic E-state index is 13.3. The highest BCUT2D eigenvalue weighted by molar-refractivity contribution is 7.92. The minimum atomic E-state index is -4.97. The molecule has 0 aliphatic rings. The number of hydrogen-bond acceptors (Lipinski definition) is 4. The lowest BCUT2D eigenvalue weighted by atomic mass is 10.2. The van der Waals surface area contributed by atoms with Crippen LogP contribution in [0.15, 0.2) is 41.3 Å². The third kappa shape index (κ3) is 6.08. The van der Waals surface area contributed by atoms with Gasteiger partial charge >= 0.3 is 12.1 Å². The van der Waals surface area contributed by atoms with Gasteiger partial charge in [0.1, 0.15) is 11.6 Å². The molecule has 29 heavy (non-hydrogen) atoms. The number of benzene rings is 2. The van der Waals surface area contributed by atoms with Gasteiger partial charge in [0.15, 0.2) is 0 Å². The molecule has 0 aromatic heterocycles. The highest BCUT2D eigenvalue weighted by Gasteiger charge is 2.34. The zero-order valence-corrected chi connectivity index (χ0v) is 15.9. The van der Waals surface area contributed by atoms with Gasteiger partial charge in [0.25, 0.3) is 10.0 Å². The molecule has 0 saturated heterocycles. The molecule has 0 bridgehead atoms. The molecule has 0 atom stereocenters. The summed E-state index contributed by atoms with van der Waals surface area (Å²) in [5, 5.41) is 8.58. The number of carboxylic acid groups (broad SMARTS) is 1. The predicted molar refractivity (Wildman–Crippen MR) is 95.8 cm³/mol. The Balaban J connectivity index is 2.17. The van der Waals surface area contributed by atoms with Crippen molar-refractivity contribution < 1.29 is 40.6 Å². The van der Waals surface area contributed by atoms with Gasteiger partial charge in [-0.3, -0.25) is 9.52 Å². The molecule has 2 aromatic rings. The quantitative estimate of drug-likeness (QED) is 0.479. The topological polar surface area (TPSA) is 92.7 Å². The van der Waals surface area contributed by atoms with E-state index in [0.29, 0.717) is 23.4 Å². The van der Waals surface area contributed by atoms with Crippen LogP contribution in [0.2, 0.25) is 0 Å². The van der Waals surface area contributed by atoms with Crippen LogP contribution >= 0.6 is 0 Å². The zero-order valence-electron chi connectivity index (χ0n) is 15.1. The van der Waals surface area contributed by atoms with Gasteiger partial charge < -0.3 is 9.84 Å². The summed E-state index contributed by atoms with van der Waals surface area (Å²) in [5.41, 5.74) is -1.59. The van der Waals surface area contributed by atoms with Gasteiger partial charge in [-0.15, -0.1) is 0 Å². The molecule has 0 aliphatic heterocycles. The van der Waals surface area contributed by atoms with E-state index in [-0.39, 0.29) is 24.3 Å². The minimum absolute atomic E-state index is 0.0764. The SMILES string of the molecule is Cc1cc(S(=O)(=O)Nc2ccc(F)c(C(F)(F)F)c2)ccc1OCCCC(=O)O. The van der Waals surface area contributed by atoms with Gasteiger partial charge in [0, 0.05) is 12.1 Å². The normalized spacial score (nSPS) is 11.9. The molecule has 0 spiro atoms. The molecule has 0 unspecified atom stereocenters. The van der Waals surface area contributed by atoms with Crippen molar-refractivity contribution in [3.05, 3.63) is 53.3 Å². The Morgan fingerprint density at radius 2 is 1.86 bits per heavy atom. The highest BCUT2D eigenvalue weighted by atomic mass is 32.2. The zero-order chi connectivity index (χ0) is 21.8. The van der Waals surface area contributed by atoms with Crippen LogP contribution in [0.4, 0.5) is 23.2 Å². The molecule has 0 fully saturated rings. The van der Waals surface area contributed by atoms with E-state index in [1.807, 2.05) is 4.72 Å². The number of aryl methyl sites for hydroxylation is 1. The summed E-state index contributed by atoms with van der Waals surface area (Å²) >= 11 is 0. The number of rotatable bonds is 8. The molecule has 6 nitrogen and oxygen atoms in total. The standard InChI is InChI=1S/C18H17F4NO5S/c1-11-9-13(5-7-16(11)28-8-2-3-17(24)25)29(26,27)23-12-4-6-15(19)14(10-12)18(20,21)22/h4-7,9-10,23H,2-3,8H2,1H3,(H,24,25). The van der Waals surface area contributed by atoms with Gasteiger partial charge in [0.2, 0.25) is 0 Å². The van der Waals surface area contributed by atoms with Crippen LogP contribution < -0.4 is 9.46 Å². The number of ether oxygens (including phenoxy) is 1. The summed E-state index contributed by atoms with van der Waals surface area (Å²) < 4.78 is 84.0. The Morgan fingerprint density at radius 1 is 1.17 bits per heavy atom. The van der Waals surface area contributed by atoms with Crippen molar-refractivity contribution >= 4 is 21.7 Å². The summed E-state index contributed by atoms with van der Waals surface area (Å²) in [6.45, 7) is 1.68. The van der Waals surface area contributed by atoms with E-state index in [1.54, 1.807) is 6.92 Å². The third-order valence-electron chi connectivity index (χ3n) is 3.77. The minimum Gasteiger partial charge on any atom is -0.493 e. The number of anilines is 1. The van der Waals surface area contributed by atoms with Gasteiger partial charge in [-0.25, -0.2) is 12.8 Å². The first-order valence-corrected chi connectivity index (χ1v) is 9.73. The monoisotopic (exact) mass is 435 g/mol. The van der Waals surface area contributed by atoms with Crippen molar-refractivity contribution in [2.75, 3.05) is 11.3 Å². The summed E-state index contributed by atoms with van der Waals surface area (Å²) in [5.74, 6) is -2.14. The summed E-state index contributed by atoms with van der Waals surface area (Å²) in [4.78, 5) is 10.2. The molecule has 11 heteroatoms. The first-order valence-electron chi connectivity index (χ1n) is 8.25. The second-order valence-electron chi connectivity index (χ2n) is 6.07. The van der Waals surface area contributed by atoms with Crippen LogP contribution in [0.25, 0.3) is 0 Å². The van der Waals surface area contributed by atoms with Gasteiger partial charge in [0.05, 0.1) is 17.1 Å². The van der Waals surface area contributed by atoms with Crippen LogP contribution in [-0.4, -0.2) is 26.1 Å². The van der Waals surface area contributed by atoms with Crippen LogP contribution in [-0.2, 0) is 21.0 Å². The number of alkyl halides is 3. The van der Waals surface area contributed by atoms with Crippen molar-refractivity contribution in [1.29, 1.82) is 0 Å². The van der Waals surface area contributed by atoms with E-state index in [4.69, 9.17) is 9.84 Å². The van der Waals surface area contributed by atoms with Crippen molar-refractivity contribution in [2.45, 2.75) is 30.8 Å². The summed E-state index contributed by atoms with van der Waals surface area (Å²) in [7, 11) is -4.24. The third-order valence-corrected chi connectivity index (χ3v) is 5.15. The summed E-state index contributed by atoms with van der Waals surface area (Å²) in [6, 6.07) is 5.59.